The Kier molecular flexibility index (Phi) is 4.71. The van der Waals surface area contributed by atoms with Crippen molar-refractivity contribution >= 4 is 5.91 Å². The maximum atomic E-state index is 12.9. The monoisotopic (exact) mass is 319 g/mol. The Hall–Kier alpha value is -1.43. The number of amides is 1. The van der Waals surface area contributed by atoms with E-state index in [1.165, 1.54) is 6.42 Å². The Balaban J connectivity index is 1.76. The Morgan fingerprint density at radius 3 is 2.83 bits per heavy atom. The smallest absolute Gasteiger partial charge is 0.276 e. The molecular weight excluding hydrogens is 290 g/mol. The van der Waals surface area contributed by atoms with Crippen molar-refractivity contribution in [3.63, 3.8) is 0 Å². The van der Waals surface area contributed by atoms with Crippen LogP contribution in [-0.2, 0) is 0 Å². The maximum absolute atomic E-state index is 12.9. The van der Waals surface area contributed by atoms with Gasteiger partial charge in [0.25, 0.3) is 5.91 Å². The summed E-state index contributed by atoms with van der Waals surface area (Å²) in [6.07, 6.45) is 5.49. The summed E-state index contributed by atoms with van der Waals surface area (Å²) >= 11 is 0. The molecule has 1 N–H and O–H groups in total. The van der Waals surface area contributed by atoms with E-state index in [1.54, 1.807) is 0 Å². The van der Waals surface area contributed by atoms with Gasteiger partial charge in [-0.25, -0.2) is 4.68 Å². The molecule has 0 saturated carbocycles. The molecule has 0 aliphatic carbocycles. The first-order chi connectivity index (χ1) is 11.0. The number of nitrogens with one attached hydrogen (secondary N) is 1. The molecule has 2 fully saturated rings. The molecule has 6 heteroatoms. The molecular formula is C17H29N5O. The van der Waals surface area contributed by atoms with Crippen LogP contribution in [0.3, 0.4) is 0 Å². The van der Waals surface area contributed by atoms with Gasteiger partial charge in [-0.1, -0.05) is 19.1 Å². The van der Waals surface area contributed by atoms with Gasteiger partial charge in [-0.15, -0.1) is 5.10 Å². The Morgan fingerprint density at radius 2 is 2.13 bits per heavy atom. The molecule has 0 radical (unpaired) electrons. The molecule has 128 valence electrons. The number of hydrogen-bond donors (Lipinski definition) is 1. The van der Waals surface area contributed by atoms with Gasteiger partial charge in [-0.3, -0.25) is 4.79 Å². The topological polar surface area (TPSA) is 63.1 Å². The highest BCUT2D eigenvalue weighted by atomic mass is 16.2. The number of likely N-dealkylation sites (tertiary alicyclic amines) is 1. The van der Waals surface area contributed by atoms with Crippen LogP contribution in [0.1, 0.15) is 68.2 Å². The molecule has 0 bridgehead atoms. The predicted octanol–water partition coefficient (Wildman–Crippen LogP) is 2.16. The van der Waals surface area contributed by atoms with Crippen molar-refractivity contribution in [1.82, 2.24) is 25.2 Å². The van der Waals surface area contributed by atoms with E-state index in [0.29, 0.717) is 11.7 Å². The Labute approximate surface area is 138 Å². The highest BCUT2D eigenvalue weighted by molar-refractivity contribution is 5.93. The van der Waals surface area contributed by atoms with Crippen LogP contribution in [0.25, 0.3) is 0 Å². The number of carbonyl (C=O) groups is 1. The van der Waals surface area contributed by atoms with Gasteiger partial charge < -0.3 is 10.2 Å². The van der Waals surface area contributed by atoms with Crippen LogP contribution in [0.15, 0.2) is 0 Å². The summed E-state index contributed by atoms with van der Waals surface area (Å²) in [6.45, 7) is 10.2. The fourth-order valence-corrected chi connectivity index (χ4v) is 3.86. The minimum Gasteiger partial charge on any atom is -0.337 e. The second-order valence-corrected chi connectivity index (χ2v) is 7.44. The molecule has 0 aromatic carbocycles. The molecule has 2 saturated heterocycles. The molecule has 1 amide bonds. The summed E-state index contributed by atoms with van der Waals surface area (Å²) in [5, 5.41) is 11.9. The third-order valence-electron chi connectivity index (χ3n) is 5.71. The summed E-state index contributed by atoms with van der Waals surface area (Å²) in [5.74, 6) is 0.0575. The number of piperidine rings is 2. The lowest BCUT2D eigenvalue weighted by Crippen LogP contribution is -2.45. The first kappa shape index (κ1) is 16.4. The number of carbonyl (C=O) groups excluding carboxylic acids is 1. The number of hydrogen-bond acceptors (Lipinski definition) is 4. The molecule has 1 atom stereocenters. The Morgan fingerprint density at radius 1 is 1.39 bits per heavy atom. The van der Waals surface area contributed by atoms with Gasteiger partial charge in [0.05, 0.1) is 11.7 Å². The van der Waals surface area contributed by atoms with Crippen LogP contribution in [0.5, 0.6) is 0 Å². The summed E-state index contributed by atoms with van der Waals surface area (Å²) < 4.78 is 1.97. The normalized spacial score (nSPS) is 26.5. The van der Waals surface area contributed by atoms with E-state index in [9.17, 15) is 4.79 Å². The van der Waals surface area contributed by atoms with Gasteiger partial charge in [0.15, 0.2) is 5.69 Å². The average Bonchev–Trinajstić information content (AvgIpc) is 2.96. The van der Waals surface area contributed by atoms with Gasteiger partial charge in [0.1, 0.15) is 0 Å². The molecule has 0 spiro atoms. The van der Waals surface area contributed by atoms with Crippen LogP contribution in [-0.4, -0.2) is 52.0 Å². The highest BCUT2D eigenvalue weighted by Crippen LogP contribution is 2.33. The van der Waals surface area contributed by atoms with Crippen molar-refractivity contribution in [2.45, 2.75) is 58.9 Å². The molecule has 2 aliphatic heterocycles. The number of rotatable bonds is 3. The lowest BCUT2D eigenvalue weighted by molar-refractivity contribution is 0.0536. The van der Waals surface area contributed by atoms with Crippen molar-refractivity contribution in [2.24, 2.45) is 5.41 Å². The molecule has 3 heterocycles. The van der Waals surface area contributed by atoms with E-state index in [0.717, 1.165) is 57.6 Å². The standard InChI is InChI=1S/C17H29N5O/c1-4-17(3)8-5-11-21(12-17)16(23)15-13(2)22(20-19-15)14-6-9-18-10-7-14/h14,18H,4-12H2,1-3H3. The van der Waals surface area contributed by atoms with Crippen LogP contribution >= 0.6 is 0 Å². The van der Waals surface area contributed by atoms with E-state index in [1.807, 2.05) is 16.5 Å². The number of aromatic nitrogens is 3. The zero-order chi connectivity index (χ0) is 16.4. The molecule has 6 nitrogen and oxygen atoms in total. The zero-order valence-corrected chi connectivity index (χ0v) is 14.6. The van der Waals surface area contributed by atoms with Gasteiger partial charge in [0.2, 0.25) is 0 Å². The summed E-state index contributed by atoms with van der Waals surface area (Å²) in [7, 11) is 0. The third-order valence-corrected chi connectivity index (χ3v) is 5.71. The minimum absolute atomic E-state index is 0.0575. The Bertz CT molecular complexity index is 563. The van der Waals surface area contributed by atoms with Crippen molar-refractivity contribution in [3.8, 4) is 0 Å². The summed E-state index contributed by atoms with van der Waals surface area (Å²) in [4.78, 5) is 14.9. The minimum atomic E-state index is 0.0575. The quantitative estimate of drug-likeness (QED) is 0.927. The van der Waals surface area contributed by atoms with Gasteiger partial charge in [-0.2, -0.15) is 0 Å². The van der Waals surface area contributed by atoms with Crippen molar-refractivity contribution in [1.29, 1.82) is 0 Å². The number of nitrogens with zero attached hydrogens (tertiary/aromatic N) is 4. The van der Waals surface area contributed by atoms with Crippen molar-refractivity contribution in [3.05, 3.63) is 11.4 Å². The fourth-order valence-electron chi connectivity index (χ4n) is 3.86. The van der Waals surface area contributed by atoms with E-state index >= 15 is 0 Å². The molecule has 23 heavy (non-hydrogen) atoms. The second kappa shape index (κ2) is 6.59. The van der Waals surface area contributed by atoms with Crippen molar-refractivity contribution in [2.75, 3.05) is 26.2 Å². The first-order valence-electron chi connectivity index (χ1n) is 8.96. The van der Waals surface area contributed by atoms with Crippen molar-refractivity contribution < 1.29 is 4.79 Å². The van der Waals surface area contributed by atoms with E-state index < -0.39 is 0 Å². The highest BCUT2D eigenvalue weighted by Gasteiger charge is 2.34. The molecule has 3 rings (SSSR count). The predicted molar refractivity (Wildman–Crippen MR) is 89.4 cm³/mol. The largest absolute Gasteiger partial charge is 0.337 e. The molecule has 1 unspecified atom stereocenters. The van der Waals surface area contributed by atoms with Gasteiger partial charge >= 0.3 is 0 Å². The van der Waals surface area contributed by atoms with Crippen LogP contribution < -0.4 is 5.32 Å². The van der Waals surface area contributed by atoms with E-state index in [4.69, 9.17) is 0 Å². The molecule has 2 aliphatic rings. The van der Waals surface area contributed by atoms with Crippen LogP contribution in [0.4, 0.5) is 0 Å². The third kappa shape index (κ3) is 3.27. The van der Waals surface area contributed by atoms with Gasteiger partial charge in [-0.05, 0) is 57.5 Å². The lowest BCUT2D eigenvalue weighted by atomic mass is 9.79. The zero-order valence-electron chi connectivity index (χ0n) is 14.6. The van der Waals surface area contributed by atoms with Crippen LogP contribution in [0, 0.1) is 12.3 Å². The molecule has 1 aromatic heterocycles. The van der Waals surface area contributed by atoms with Gasteiger partial charge in [0, 0.05) is 13.1 Å². The van der Waals surface area contributed by atoms with Crippen LogP contribution in [0.2, 0.25) is 0 Å². The summed E-state index contributed by atoms with van der Waals surface area (Å²) in [5.41, 5.74) is 1.71. The second-order valence-electron chi connectivity index (χ2n) is 7.44. The lowest BCUT2D eigenvalue weighted by Gasteiger charge is -2.39. The average molecular weight is 319 g/mol. The van der Waals surface area contributed by atoms with E-state index in [2.05, 4.69) is 29.5 Å². The SMILES string of the molecule is CCC1(C)CCCN(C(=O)c2nnn(C3CCNCC3)c2C)C1. The summed E-state index contributed by atoms with van der Waals surface area (Å²) in [6, 6.07) is 0.368. The first-order valence-corrected chi connectivity index (χ1v) is 8.96. The molecule has 1 aromatic rings. The fraction of sp³-hybridized carbons (Fsp3) is 0.824. The van der Waals surface area contributed by atoms with E-state index in [-0.39, 0.29) is 11.3 Å². The maximum Gasteiger partial charge on any atom is 0.276 e.